The van der Waals surface area contributed by atoms with Crippen LogP contribution in [0.1, 0.15) is 55.5 Å². The van der Waals surface area contributed by atoms with Crippen LogP contribution in [-0.4, -0.2) is 115 Å². The maximum Gasteiger partial charge on any atom is 0.255 e. The van der Waals surface area contributed by atoms with Gasteiger partial charge in [-0.2, -0.15) is 0 Å². The number of morpholine rings is 1. The molecular formula is C35H47N7O6. The normalized spacial score (nSPS) is 24.7. The molecule has 3 fully saturated rings. The van der Waals surface area contributed by atoms with E-state index >= 15 is 0 Å². The number of carbonyl (C=O) groups is 5. The quantitative estimate of drug-likeness (QED) is 0.417. The molecule has 1 aromatic carbocycles. The van der Waals surface area contributed by atoms with E-state index in [1.807, 2.05) is 54.0 Å². The van der Waals surface area contributed by atoms with Crippen LogP contribution in [0.25, 0.3) is 0 Å². The number of piperidine rings is 1. The molecule has 5 amide bonds. The predicted molar refractivity (Wildman–Crippen MR) is 179 cm³/mol. The van der Waals surface area contributed by atoms with Crippen molar-refractivity contribution < 1.29 is 28.7 Å². The largest absolute Gasteiger partial charge is 0.360 e. The lowest BCUT2D eigenvalue weighted by Gasteiger charge is -2.38. The number of hydrogen-bond donors (Lipinski definition) is 3. The van der Waals surface area contributed by atoms with Gasteiger partial charge in [-0.3, -0.25) is 24.0 Å². The average molecular weight is 662 g/mol. The zero-order chi connectivity index (χ0) is 34.2. The number of nitrogens with one attached hydrogen (secondary N) is 3. The monoisotopic (exact) mass is 661 g/mol. The first-order valence-corrected chi connectivity index (χ1v) is 16.9. The topological polar surface area (TPSA) is 153 Å². The molecule has 0 spiro atoms. The Balaban J connectivity index is 1.41. The van der Waals surface area contributed by atoms with Gasteiger partial charge in [0.15, 0.2) is 6.10 Å². The number of aromatic nitrogens is 1. The number of hydrogen-bond acceptors (Lipinski definition) is 8. The number of rotatable bonds is 6. The van der Waals surface area contributed by atoms with E-state index in [1.54, 1.807) is 18.3 Å². The van der Waals surface area contributed by atoms with Crippen LogP contribution in [0.15, 0.2) is 48.7 Å². The summed E-state index contributed by atoms with van der Waals surface area (Å²) in [5, 5.41) is 8.59. The van der Waals surface area contributed by atoms with Crippen LogP contribution >= 0.6 is 0 Å². The van der Waals surface area contributed by atoms with Crippen LogP contribution in [0.5, 0.6) is 0 Å². The fourth-order valence-electron chi connectivity index (χ4n) is 6.42. The predicted octanol–water partition coefficient (Wildman–Crippen LogP) is 1.13. The van der Waals surface area contributed by atoms with E-state index in [4.69, 9.17) is 4.74 Å². The SMILES string of the molecule is CC(C)C[C@@H]1NC(=O)CN(C)C(=O)[C@@H](Cc2ccccc2)NC(=O)[C@H]2CN(c3ccc(C(=O)N4CCCCC4)cn3)C[C@@H](CNC1=O)O2. The Kier molecular flexibility index (Phi) is 11.6. The minimum atomic E-state index is -0.996. The smallest absolute Gasteiger partial charge is 0.255 e. The van der Waals surface area contributed by atoms with Crippen LogP contribution in [0, 0.1) is 5.92 Å². The second-order valence-electron chi connectivity index (χ2n) is 13.3. The third-order valence-corrected chi connectivity index (χ3v) is 8.94. The van der Waals surface area contributed by atoms with Crippen molar-refractivity contribution in [3.05, 3.63) is 59.8 Å². The molecule has 13 heteroatoms. The van der Waals surface area contributed by atoms with Crippen molar-refractivity contribution in [2.24, 2.45) is 5.92 Å². The number of fused-ring (bicyclic) bond motifs is 2. The molecule has 0 aliphatic carbocycles. The number of nitrogens with zero attached hydrogens (tertiary/aromatic N) is 4. The molecule has 4 atom stereocenters. The van der Waals surface area contributed by atoms with Crippen LogP contribution in [0.4, 0.5) is 5.82 Å². The standard InChI is InChI=1S/C35H47N7O6/c1-23(2)16-27-32(44)37-19-26-20-42(30-13-12-25(18-36-30)34(46)41-14-8-5-9-15-41)21-29(48-26)33(45)39-28(17-24-10-6-4-7-11-24)35(47)40(3)22-31(43)38-27/h4,6-7,10-13,18,23,26-29H,5,8-9,14-17,19-22H2,1-3H3,(H,37,44)(H,38,43)(H,39,45)/t26-,27+,28-,29-/m1/s1. The number of anilines is 1. The van der Waals surface area contributed by atoms with E-state index in [2.05, 4.69) is 20.9 Å². The number of amides is 5. The molecule has 3 aliphatic rings. The summed E-state index contributed by atoms with van der Waals surface area (Å²) < 4.78 is 6.24. The minimum Gasteiger partial charge on any atom is -0.360 e. The highest BCUT2D eigenvalue weighted by atomic mass is 16.5. The van der Waals surface area contributed by atoms with Crippen LogP contribution < -0.4 is 20.9 Å². The maximum absolute atomic E-state index is 13.8. The lowest BCUT2D eigenvalue weighted by atomic mass is 10.0. The molecule has 1 aromatic heterocycles. The molecule has 3 aliphatic heterocycles. The van der Waals surface area contributed by atoms with Crippen molar-refractivity contribution in [2.45, 2.75) is 70.2 Å². The highest BCUT2D eigenvalue weighted by molar-refractivity contribution is 5.95. The van der Waals surface area contributed by atoms with E-state index < -0.39 is 42.0 Å². The van der Waals surface area contributed by atoms with Gasteiger partial charge in [0.05, 0.1) is 24.8 Å². The summed E-state index contributed by atoms with van der Waals surface area (Å²) in [4.78, 5) is 76.6. The van der Waals surface area contributed by atoms with E-state index in [9.17, 15) is 24.0 Å². The third-order valence-electron chi connectivity index (χ3n) is 8.94. The number of benzene rings is 1. The van der Waals surface area contributed by atoms with Crippen LogP contribution in [0.3, 0.4) is 0 Å². The first-order chi connectivity index (χ1) is 23.1. The van der Waals surface area contributed by atoms with Gasteiger partial charge in [0.2, 0.25) is 17.7 Å². The molecule has 2 aromatic rings. The fourth-order valence-corrected chi connectivity index (χ4v) is 6.42. The number of likely N-dealkylation sites (tertiary alicyclic amines) is 1. The molecule has 4 heterocycles. The molecule has 0 unspecified atom stereocenters. The van der Waals surface area contributed by atoms with Crippen molar-refractivity contribution in [1.82, 2.24) is 30.7 Å². The highest BCUT2D eigenvalue weighted by Gasteiger charge is 2.37. The summed E-state index contributed by atoms with van der Waals surface area (Å²) in [6.45, 7) is 5.65. The molecule has 3 saturated heterocycles. The Morgan fingerprint density at radius 1 is 0.938 bits per heavy atom. The van der Waals surface area contributed by atoms with Crippen molar-refractivity contribution in [2.75, 3.05) is 51.2 Å². The first-order valence-electron chi connectivity index (χ1n) is 16.9. The van der Waals surface area contributed by atoms with Gasteiger partial charge in [-0.25, -0.2) is 4.98 Å². The second-order valence-corrected chi connectivity index (χ2v) is 13.3. The number of ether oxygens (including phenoxy) is 1. The average Bonchev–Trinajstić information content (AvgIpc) is 3.09. The van der Waals surface area contributed by atoms with Crippen LogP contribution in [0.2, 0.25) is 0 Å². The van der Waals surface area contributed by atoms with Gasteiger partial charge in [-0.1, -0.05) is 44.2 Å². The number of likely N-dealkylation sites (N-methyl/N-ethyl adjacent to an activating group) is 1. The molecule has 13 nitrogen and oxygen atoms in total. The summed E-state index contributed by atoms with van der Waals surface area (Å²) in [7, 11) is 1.50. The third kappa shape index (κ3) is 9.09. The fraction of sp³-hybridized carbons (Fsp3) is 0.543. The second kappa shape index (κ2) is 16.1. The Bertz CT molecular complexity index is 1450. The number of pyridine rings is 1. The molecule has 0 radical (unpaired) electrons. The van der Waals surface area contributed by atoms with Crippen molar-refractivity contribution in [3.63, 3.8) is 0 Å². The zero-order valence-corrected chi connectivity index (χ0v) is 28.0. The van der Waals surface area contributed by atoms with Gasteiger partial charge in [-0.05, 0) is 49.3 Å². The van der Waals surface area contributed by atoms with Gasteiger partial charge in [0, 0.05) is 45.8 Å². The number of carbonyl (C=O) groups excluding carboxylic acids is 5. The minimum absolute atomic E-state index is 0.0481. The van der Waals surface area contributed by atoms with E-state index in [-0.39, 0.29) is 43.8 Å². The van der Waals surface area contributed by atoms with Gasteiger partial charge >= 0.3 is 0 Å². The molecule has 5 rings (SSSR count). The summed E-state index contributed by atoms with van der Waals surface area (Å²) in [5.74, 6) is -1.16. The van der Waals surface area contributed by atoms with Crippen molar-refractivity contribution in [1.29, 1.82) is 0 Å². The summed E-state index contributed by atoms with van der Waals surface area (Å²) >= 11 is 0. The van der Waals surface area contributed by atoms with E-state index in [0.717, 1.165) is 37.9 Å². The maximum atomic E-state index is 13.8. The molecule has 48 heavy (non-hydrogen) atoms. The summed E-state index contributed by atoms with van der Waals surface area (Å²) in [5.41, 5.74) is 1.34. The summed E-state index contributed by atoms with van der Waals surface area (Å²) in [6.07, 6.45) is 3.67. The first kappa shape index (κ1) is 34.8. The Labute approximate surface area is 281 Å². The summed E-state index contributed by atoms with van der Waals surface area (Å²) in [6, 6.07) is 11.1. The Morgan fingerprint density at radius 3 is 2.38 bits per heavy atom. The molecule has 0 saturated carbocycles. The van der Waals surface area contributed by atoms with Gasteiger partial charge in [-0.15, -0.1) is 0 Å². The Morgan fingerprint density at radius 2 is 1.69 bits per heavy atom. The van der Waals surface area contributed by atoms with Crippen molar-refractivity contribution >= 4 is 35.4 Å². The lowest BCUT2D eigenvalue weighted by Crippen LogP contribution is -2.59. The lowest BCUT2D eigenvalue weighted by molar-refractivity contribution is -0.143. The van der Waals surface area contributed by atoms with E-state index in [0.29, 0.717) is 24.3 Å². The molecule has 2 bridgehead atoms. The Hall–Kier alpha value is -4.52. The molecule has 258 valence electrons. The van der Waals surface area contributed by atoms with Gasteiger partial charge < -0.3 is 35.4 Å². The molecular weight excluding hydrogens is 614 g/mol. The highest BCUT2D eigenvalue weighted by Crippen LogP contribution is 2.21. The van der Waals surface area contributed by atoms with E-state index in [1.165, 1.54) is 11.9 Å². The van der Waals surface area contributed by atoms with Crippen molar-refractivity contribution in [3.8, 4) is 0 Å². The van der Waals surface area contributed by atoms with Gasteiger partial charge in [0.1, 0.15) is 17.9 Å². The zero-order valence-electron chi connectivity index (χ0n) is 28.0. The van der Waals surface area contributed by atoms with Gasteiger partial charge in [0.25, 0.3) is 11.8 Å². The van der Waals surface area contributed by atoms with Crippen LogP contribution in [-0.2, 0) is 30.3 Å². The molecule has 3 N–H and O–H groups in total.